The molecule has 1 aromatic carbocycles. The maximum atomic E-state index is 6.07. The molecule has 0 heterocycles. The molecule has 2 aliphatic carbocycles. The van der Waals surface area contributed by atoms with Gasteiger partial charge in [0.05, 0.1) is 0 Å². The molecule has 2 heteroatoms. The molecule has 2 N–H and O–H groups in total. The maximum Gasteiger partial charge on any atom is 0.0359 e. The second-order valence-electron chi connectivity index (χ2n) is 6.01. The fourth-order valence-electron chi connectivity index (χ4n) is 3.20. The van der Waals surface area contributed by atoms with Crippen molar-refractivity contribution in [3.8, 4) is 0 Å². The Morgan fingerprint density at radius 3 is 2.44 bits per heavy atom. The van der Waals surface area contributed by atoms with Gasteiger partial charge in [-0.15, -0.1) is 0 Å². The number of nitrogen functional groups attached to an aromatic ring is 1. The molecule has 0 aromatic heterocycles. The zero-order valence-corrected chi connectivity index (χ0v) is 11.1. The van der Waals surface area contributed by atoms with Crippen molar-refractivity contribution in [2.24, 2.45) is 5.92 Å². The van der Waals surface area contributed by atoms with Crippen molar-refractivity contribution in [2.45, 2.75) is 51.1 Å². The molecule has 0 radical (unpaired) electrons. The molecule has 0 unspecified atom stereocenters. The largest absolute Gasteiger partial charge is 0.398 e. The van der Waals surface area contributed by atoms with Crippen LogP contribution in [0.5, 0.6) is 0 Å². The van der Waals surface area contributed by atoms with Crippen LogP contribution in [0.2, 0.25) is 0 Å². The topological polar surface area (TPSA) is 29.3 Å². The molecule has 2 saturated carbocycles. The Labute approximate surface area is 110 Å². The third-order valence-electron chi connectivity index (χ3n) is 4.46. The summed E-state index contributed by atoms with van der Waals surface area (Å²) in [6, 6.07) is 9.17. The standard InChI is InChI=1S/C16H24N2/c17-16-8-4-3-7-14(16)12-18(15-9-10-15)11-13-5-1-2-6-13/h3-4,7-8,13,15H,1-2,5-6,9-12,17H2. The van der Waals surface area contributed by atoms with Gasteiger partial charge in [-0.05, 0) is 43.2 Å². The van der Waals surface area contributed by atoms with Gasteiger partial charge >= 0.3 is 0 Å². The summed E-state index contributed by atoms with van der Waals surface area (Å²) in [6.45, 7) is 2.34. The van der Waals surface area contributed by atoms with Crippen molar-refractivity contribution in [2.75, 3.05) is 12.3 Å². The van der Waals surface area contributed by atoms with Crippen LogP contribution in [-0.2, 0) is 6.54 Å². The average molecular weight is 244 g/mol. The monoisotopic (exact) mass is 244 g/mol. The van der Waals surface area contributed by atoms with E-state index in [0.29, 0.717) is 0 Å². The molecule has 1 aromatic rings. The lowest BCUT2D eigenvalue weighted by Crippen LogP contribution is -2.30. The molecule has 2 aliphatic rings. The summed E-state index contributed by atoms with van der Waals surface area (Å²) in [7, 11) is 0. The van der Waals surface area contributed by atoms with Gasteiger partial charge in [0, 0.05) is 24.8 Å². The maximum absolute atomic E-state index is 6.07. The molecule has 0 atom stereocenters. The summed E-state index contributed by atoms with van der Waals surface area (Å²) < 4.78 is 0. The Morgan fingerprint density at radius 2 is 1.78 bits per heavy atom. The summed E-state index contributed by atoms with van der Waals surface area (Å²) in [5.74, 6) is 0.940. The van der Waals surface area contributed by atoms with Gasteiger partial charge < -0.3 is 5.73 Å². The third-order valence-corrected chi connectivity index (χ3v) is 4.46. The van der Waals surface area contributed by atoms with Crippen LogP contribution in [0.25, 0.3) is 0 Å². The number of anilines is 1. The molecule has 3 rings (SSSR count). The average Bonchev–Trinajstić information content (AvgIpc) is 3.10. The second-order valence-corrected chi connectivity index (χ2v) is 6.01. The molecule has 0 saturated heterocycles. The molecule has 0 aliphatic heterocycles. The van der Waals surface area contributed by atoms with Gasteiger partial charge in [-0.2, -0.15) is 0 Å². The normalized spacial score (nSPS) is 20.7. The van der Waals surface area contributed by atoms with E-state index in [9.17, 15) is 0 Å². The lowest BCUT2D eigenvalue weighted by atomic mass is 10.1. The van der Waals surface area contributed by atoms with Gasteiger partial charge in [0.15, 0.2) is 0 Å². The van der Waals surface area contributed by atoms with Crippen LogP contribution in [0.4, 0.5) is 5.69 Å². The van der Waals surface area contributed by atoms with Crippen molar-refractivity contribution in [3.05, 3.63) is 29.8 Å². The van der Waals surface area contributed by atoms with E-state index in [0.717, 1.165) is 24.2 Å². The van der Waals surface area contributed by atoms with Crippen molar-refractivity contribution < 1.29 is 0 Å². The highest BCUT2D eigenvalue weighted by Crippen LogP contribution is 2.33. The predicted molar refractivity (Wildman–Crippen MR) is 76.2 cm³/mol. The van der Waals surface area contributed by atoms with Gasteiger partial charge in [0.25, 0.3) is 0 Å². The second kappa shape index (κ2) is 5.31. The Bertz CT molecular complexity index is 392. The summed E-state index contributed by atoms with van der Waals surface area (Å²) in [6.07, 6.45) is 8.53. The summed E-state index contributed by atoms with van der Waals surface area (Å²) >= 11 is 0. The fraction of sp³-hybridized carbons (Fsp3) is 0.625. The highest BCUT2D eigenvalue weighted by Gasteiger charge is 2.31. The van der Waals surface area contributed by atoms with Gasteiger partial charge in [-0.3, -0.25) is 4.90 Å². The number of hydrogen-bond donors (Lipinski definition) is 1. The van der Waals surface area contributed by atoms with Crippen molar-refractivity contribution in [1.29, 1.82) is 0 Å². The van der Waals surface area contributed by atoms with Crippen molar-refractivity contribution in [1.82, 2.24) is 4.90 Å². The van der Waals surface area contributed by atoms with Crippen LogP contribution in [0, 0.1) is 5.92 Å². The Kier molecular flexibility index (Phi) is 3.55. The van der Waals surface area contributed by atoms with Crippen LogP contribution in [0.1, 0.15) is 44.1 Å². The Balaban J connectivity index is 1.64. The molecule has 2 nitrogen and oxygen atoms in total. The van der Waals surface area contributed by atoms with E-state index in [-0.39, 0.29) is 0 Å². The fourth-order valence-corrected chi connectivity index (χ4v) is 3.20. The van der Waals surface area contributed by atoms with Crippen LogP contribution < -0.4 is 5.73 Å². The van der Waals surface area contributed by atoms with E-state index >= 15 is 0 Å². The van der Waals surface area contributed by atoms with Gasteiger partial charge in [-0.25, -0.2) is 0 Å². The highest BCUT2D eigenvalue weighted by atomic mass is 15.2. The summed E-state index contributed by atoms with van der Waals surface area (Å²) in [5, 5.41) is 0. The Morgan fingerprint density at radius 1 is 1.06 bits per heavy atom. The number of benzene rings is 1. The number of hydrogen-bond acceptors (Lipinski definition) is 2. The summed E-state index contributed by atoms with van der Waals surface area (Å²) in [4.78, 5) is 2.68. The van der Waals surface area contributed by atoms with E-state index in [1.165, 1.54) is 50.6 Å². The summed E-state index contributed by atoms with van der Waals surface area (Å²) in [5.41, 5.74) is 8.33. The van der Waals surface area contributed by atoms with E-state index in [2.05, 4.69) is 17.0 Å². The van der Waals surface area contributed by atoms with E-state index in [1.807, 2.05) is 12.1 Å². The zero-order chi connectivity index (χ0) is 12.4. The molecule has 0 bridgehead atoms. The molecule has 0 amide bonds. The first-order valence-electron chi connectivity index (χ1n) is 7.40. The number of para-hydroxylation sites is 1. The van der Waals surface area contributed by atoms with Crippen molar-refractivity contribution >= 4 is 5.69 Å². The van der Waals surface area contributed by atoms with E-state index in [1.54, 1.807) is 0 Å². The number of rotatable bonds is 5. The number of nitrogens with zero attached hydrogens (tertiary/aromatic N) is 1. The molecular formula is C16H24N2. The van der Waals surface area contributed by atoms with Crippen LogP contribution in [-0.4, -0.2) is 17.5 Å². The van der Waals surface area contributed by atoms with Gasteiger partial charge in [0.2, 0.25) is 0 Å². The smallest absolute Gasteiger partial charge is 0.0359 e. The minimum atomic E-state index is 0.838. The highest BCUT2D eigenvalue weighted by molar-refractivity contribution is 5.46. The first-order valence-corrected chi connectivity index (χ1v) is 7.40. The molecular weight excluding hydrogens is 220 g/mol. The first-order chi connectivity index (χ1) is 8.83. The third kappa shape index (κ3) is 2.86. The molecule has 18 heavy (non-hydrogen) atoms. The quantitative estimate of drug-likeness (QED) is 0.804. The van der Waals surface area contributed by atoms with Crippen LogP contribution >= 0.6 is 0 Å². The molecule has 0 spiro atoms. The molecule has 2 fully saturated rings. The predicted octanol–water partition coefficient (Wildman–Crippen LogP) is 3.42. The van der Waals surface area contributed by atoms with E-state index < -0.39 is 0 Å². The SMILES string of the molecule is Nc1ccccc1CN(CC1CCCC1)C1CC1. The van der Waals surface area contributed by atoms with Crippen molar-refractivity contribution in [3.63, 3.8) is 0 Å². The van der Waals surface area contributed by atoms with E-state index in [4.69, 9.17) is 5.73 Å². The van der Waals surface area contributed by atoms with Gasteiger partial charge in [-0.1, -0.05) is 31.0 Å². The van der Waals surface area contributed by atoms with Crippen LogP contribution in [0.15, 0.2) is 24.3 Å². The lowest BCUT2D eigenvalue weighted by molar-refractivity contribution is 0.214. The Hall–Kier alpha value is -1.02. The minimum absolute atomic E-state index is 0.838. The first kappa shape index (κ1) is 12.0. The lowest BCUT2D eigenvalue weighted by Gasteiger charge is -2.26. The minimum Gasteiger partial charge on any atom is -0.398 e. The van der Waals surface area contributed by atoms with Gasteiger partial charge in [0.1, 0.15) is 0 Å². The van der Waals surface area contributed by atoms with Crippen LogP contribution in [0.3, 0.4) is 0 Å². The molecule has 98 valence electrons. The number of nitrogens with two attached hydrogens (primary N) is 1. The zero-order valence-electron chi connectivity index (χ0n) is 11.1.